The molecule has 1 saturated carbocycles. The van der Waals surface area contributed by atoms with E-state index < -0.39 is 0 Å². The van der Waals surface area contributed by atoms with Crippen LogP contribution in [0.2, 0.25) is 0 Å². The Bertz CT molecular complexity index is 70.0. The Labute approximate surface area is 77.1 Å². The van der Waals surface area contributed by atoms with Gasteiger partial charge in [0, 0.05) is 0 Å². The zero-order valence-electron chi connectivity index (χ0n) is 6.43. The smallest absolute Gasteiger partial charge is 0.0542 e. The van der Waals surface area contributed by atoms with Gasteiger partial charge >= 0.3 is 0 Å². The molecular weight excluding hydrogens is 164 g/mol. The molecule has 0 radical (unpaired) electrons. The Kier molecular flexibility index (Phi) is 8.46. The molecule has 64 valence electrons. The third-order valence-corrected chi connectivity index (χ3v) is 1.91. The van der Waals surface area contributed by atoms with Crippen molar-refractivity contribution in [3.63, 3.8) is 0 Å². The predicted octanol–water partition coefficient (Wildman–Crippen LogP) is 1.78. The minimum atomic E-state index is 0. The van der Waals surface area contributed by atoms with Crippen molar-refractivity contribution >= 4 is 27.0 Å². The number of rotatable bonds is 0. The molecule has 0 heterocycles. The fraction of sp³-hybridized carbons (Fsp3) is 1.00. The Hall–Kier alpha value is 0.660. The maximum atomic E-state index is 9.08. The van der Waals surface area contributed by atoms with Crippen molar-refractivity contribution in [3.05, 3.63) is 0 Å². The topological polar surface area (TPSA) is 20.2 Å². The van der Waals surface area contributed by atoms with Gasteiger partial charge in [-0.2, -0.15) is 27.0 Å². The highest BCUT2D eigenvalue weighted by Gasteiger charge is 2.15. The molecule has 1 nitrogen and oxygen atoms in total. The molecule has 1 N–H and O–H groups in total. The second kappa shape index (κ2) is 6.38. The molecule has 0 bridgehead atoms. The van der Waals surface area contributed by atoms with Gasteiger partial charge < -0.3 is 5.11 Å². The van der Waals surface area contributed by atoms with E-state index >= 15 is 0 Å². The van der Waals surface area contributed by atoms with E-state index in [1.165, 1.54) is 12.8 Å². The van der Waals surface area contributed by atoms with Gasteiger partial charge in [0.1, 0.15) is 0 Å². The van der Waals surface area contributed by atoms with Crippen LogP contribution in [0.1, 0.15) is 32.6 Å². The van der Waals surface area contributed by atoms with Crippen LogP contribution in [0, 0.1) is 5.92 Å². The molecule has 1 aliphatic carbocycles. The Morgan fingerprint density at radius 2 is 1.80 bits per heavy atom. The molecule has 0 amide bonds. The minimum Gasteiger partial charge on any atom is -0.393 e. The van der Waals surface area contributed by atoms with Gasteiger partial charge in [-0.25, -0.2) is 0 Å². The fourth-order valence-corrected chi connectivity index (χ4v) is 1.40. The van der Waals surface area contributed by atoms with Crippen molar-refractivity contribution in [1.29, 1.82) is 0 Å². The van der Waals surface area contributed by atoms with Crippen LogP contribution in [0.25, 0.3) is 0 Å². The van der Waals surface area contributed by atoms with E-state index in [1.807, 2.05) is 0 Å². The van der Waals surface area contributed by atoms with Crippen LogP contribution < -0.4 is 0 Å². The van der Waals surface area contributed by atoms with Crippen LogP contribution in [-0.2, 0) is 0 Å². The van der Waals surface area contributed by atoms with Crippen LogP contribution in [0.3, 0.4) is 0 Å². The van der Waals surface area contributed by atoms with Gasteiger partial charge in [0.15, 0.2) is 0 Å². The Morgan fingerprint density at radius 3 is 2.10 bits per heavy atom. The monoisotopic (exact) mass is 182 g/mol. The molecule has 0 unspecified atom stereocenters. The van der Waals surface area contributed by atoms with Crippen molar-refractivity contribution < 1.29 is 5.11 Å². The lowest BCUT2D eigenvalue weighted by atomic mass is 9.89. The SMILES string of the molecule is C[C@H]1CCC[C@H](O)C1.S.S. The maximum Gasteiger partial charge on any atom is 0.0542 e. The zero-order valence-corrected chi connectivity index (χ0v) is 8.43. The summed E-state index contributed by atoms with van der Waals surface area (Å²) in [6, 6.07) is 0. The largest absolute Gasteiger partial charge is 0.393 e. The third kappa shape index (κ3) is 4.47. The summed E-state index contributed by atoms with van der Waals surface area (Å²) in [6.45, 7) is 2.21. The number of hydrogen-bond acceptors (Lipinski definition) is 1. The van der Waals surface area contributed by atoms with Gasteiger partial charge in [0.05, 0.1) is 6.10 Å². The van der Waals surface area contributed by atoms with E-state index in [0.29, 0.717) is 0 Å². The van der Waals surface area contributed by atoms with Gasteiger partial charge in [0.25, 0.3) is 0 Å². The first-order chi connectivity index (χ1) is 3.79. The molecule has 0 saturated heterocycles. The van der Waals surface area contributed by atoms with E-state index in [1.54, 1.807) is 0 Å². The molecule has 0 aliphatic heterocycles. The average Bonchev–Trinajstić information content (AvgIpc) is 1.64. The summed E-state index contributed by atoms with van der Waals surface area (Å²) in [7, 11) is 0. The van der Waals surface area contributed by atoms with Crippen molar-refractivity contribution in [3.8, 4) is 0 Å². The van der Waals surface area contributed by atoms with Crippen molar-refractivity contribution in [2.24, 2.45) is 5.92 Å². The first-order valence-electron chi connectivity index (χ1n) is 3.47. The molecule has 3 heteroatoms. The summed E-state index contributed by atoms with van der Waals surface area (Å²) in [5.74, 6) is 0.763. The summed E-state index contributed by atoms with van der Waals surface area (Å²) in [5, 5.41) is 9.08. The molecule has 0 aromatic rings. The molecular formula is C7H18OS2. The highest BCUT2D eigenvalue weighted by atomic mass is 32.1. The van der Waals surface area contributed by atoms with Crippen molar-refractivity contribution in [2.45, 2.75) is 38.7 Å². The molecule has 0 spiro atoms. The predicted molar refractivity (Wildman–Crippen MR) is 54.4 cm³/mol. The summed E-state index contributed by atoms with van der Waals surface area (Å²) in [4.78, 5) is 0. The van der Waals surface area contributed by atoms with Crippen LogP contribution in [0.5, 0.6) is 0 Å². The number of aliphatic hydroxyl groups is 1. The van der Waals surface area contributed by atoms with Gasteiger partial charge in [-0.1, -0.05) is 19.8 Å². The molecule has 10 heavy (non-hydrogen) atoms. The highest BCUT2D eigenvalue weighted by Crippen LogP contribution is 2.22. The molecule has 1 rings (SSSR count). The van der Waals surface area contributed by atoms with Crippen LogP contribution in [-0.4, -0.2) is 11.2 Å². The van der Waals surface area contributed by atoms with E-state index in [-0.39, 0.29) is 33.1 Å². The van der Waals surface area contributed by atoms with Gasteiger partial charge in [-0.05, 0) is 18.8 Å². The second-order valence-corrected chi connectivity index (χ2v) is 2.93. The lowest BCUT2D eigenvalue weighted by Crippen LogP contribution is -2.16. The lowest BCUT2D eigenvalue weighted by molar-refractivity contribution is 0.106. The standard InChI is InChI=1S/C7H14O.2H2S/c1-6-3-2-4-7(8)5-6;;/h6-8H,2-5H2,1H3;2*1H2/t6-,7-;;/m0../s1. The van der Waals surface area contributed by atoms with Gasteiger partial charge in [-0.15, -0.1) is 0 Å². The van der Waals surface area contributed by atoms with Crippen molar-refractivity contribution in [2.75, 3.05) is 0 Å². The second-order valence-electron chi connectivity index (χ2n) is 2.93. The van der Waals surface area contributed by atoms with Gasteiger partial charge in [-0.3, -0.25) is 0 Å². The summed E-state index contributed by atoms with van der Waals surface area (Å²) in [6.07, 6.45) is 4.61. The summed E-state index contributed by atoms with van der Waals surface area (Å²) >= 11 is 0. The highest BCUT2D eigenvalue weighted by molar-refractivity contribution is 7.59. The summed E-state index contributed by atoms with van der Waals surface area (Å²) < 4.78 is 0. The maximum absolute atomic E-state index is 9.08. The average molecular weight is 182 g/mol. The molecule has 1 aliphatic rings. The van der Waals surface area contributed by atoms with Crippen LogP contribution in [0.4, 0.5) is 0 Å². The first-order valence-corrected chi connectivity index (χ1v) is 3.47. The first kappa shape index (κ1) is 13.3. The van der Waals surface area contributed by atoms with E-state index in [0.717, 1.165) is 18.8 Å². The van der Waals surface area contributed by atoms with Crippen LogP contribution in [0.15, 0.2) is 0 Å². The normalized spacial score (nSPS) is 31.8. The lowest BCUT2D eigenvalue weighted by Gasteiger charge is -2.21. The number of aliphatic hydroxyl groups excluding tert-OH is 1. The molecule has 0 aromatic carbocycles. The molecule has 0 aromatic heterocycles. The van der Waals surface area contributed by atoms with Gasteiger partial charge in [0.2, 0.25) is 0 Å². The molecule has 2 atom stereocenters. The Balaban J connectivity index is 0. The van der Waals surface area contributed by atoms with E-state index in [9.17, 15) is 0 Å². The zero-order chi connectivity index (χ0) is 5.98. The van der Waals surface area contributed by atoms with E-state index in [2.05, 4.69) is 6.92 Å². The third-order valence-electron chi connectivity index (χ3n) is 1.91. The quantitative estimate of drug-likeness (QED) is 0.605. The minimum absolute atomic E-state index is 0. The number of hydrogen-bond donors (Lipinski definition) is 1. The fourth-order valence-electron chi connectivity index (χ4n) is 1.40. The summed E-state index contributed by atoms with van der Waals surface area (Å²) in [5.41, 5.74) is 0. The van der Waals surface area contributed by atoms with Crippen molar-refractivity contribution in [1.82, 2.24) is 0 Å². The van der Waals surface area contributed by atoms with Crippen LogP contribution >= 0.6 is 27.0 Å². The molecule has 1 fully saturated rings. The Morgan fingerprint density at radius 1 is 1.20 bits per heavy atom. The van der Waals surface area contributed by atoms with E-state index in [4.69, 9.17) is 5.11 Å².